The molecule has 25 heavy (non-hydrogen) atoms. The van der Waals surface area contributed by atoms with Crippen molar-refractivity contribution < 1.29 is 9.53 Å². The monoisotopic (exact) mass is 353 g/mol. The molecule has 0 radical (unpaired) electrons. The predicted octanol–water partition coefficient (Wildman–Crippen LogP) is 2.15. The summed E-state index contributed by atoms with van der Waals surface area (Å²) in [6, 6.07) is 0.572. The second-order valence-electron chi connectivity index (χ2n) is 8.38. The number of Topliss-reactive ketones (excluding diaryl/α,β-unsaturated/α-hetero) is 1. The van der Waals surface area contributed by atoms with Gasteiger partial charge in [-0.2, -0.15) is 0 Å². The van der Waals surface area contributed by atoms with E-state index in [0.29, 0.717) is 30.6 Å². The molecule has 2 heterocycles. The van der Waals surface area contributed by atoms with Crippen molar-refractivity contribution in [1.82, 2.24) is 15.1 Å². The fourth-order valence-corrected chi connectivity index (χ4v) is 3.66. The van der Waals surface area contributed by atoms with E-state index < -0.39 is 0 Å². The number of ketones is 1. The highest BCUT2D eigenvalue weighted by Gasteiger charge is 2.26. The minimum atomic E-state index is 0.148. The second-order valence-corrected chi connectivity index (χ2v) is 8.38. The van der Waals surface area contributed by atoms with E-state index in [1.165, 1.54) is 0 Å². The summed E-state index contributed by atoms with van der Waals surface area (Å²) in [6.07, 6.45) is 5.29. The van der Waals surface area contributed by atoms with E-state index in [2.05, 4.69) is 29.0 Å². The van der Waals surface area contributed by atoms with E-state index in [1.807, 2.05) is 13.8 Å². The number of likely N-dealkylation sites (tertiary alicyclic amines) is 2. The first-order valence-corrected chi connectivity index (χ1v) is 10.3. The van der Waals surface area contributed by atoms with E-state index in [0.717, 1.165) is 65.0 Å². The Morgan fingerprint density at radius 3 is 1.96 bits per heavy atom. The van der Waals surface area contributed by atoms with Crippen molar-refractivity contribution >= 4 is 5.78 Å². The Labute approximate surface area is 154 Å². The van der Waals surface area contributed by atoms with Crippen molar-refractivity contribution in [2.24, 2.45) is 5.92 Å². The van der Waals surface area contributed by atoms with Gasteiger partial charge in [0.15, 0.2) is 0 Å². The van der Waals surface area contributed by atoms with Crippen molar-refractivity contribution in [3.8, 4) is 0 Å². The quantitative estimate of drug-likeness (QED) is 0.688. The summed E-state index contributed by atoms with van der Waals surface area (Å²) in [7, 11) is 0. The van der Waals surface area contributed by atoms with Crippen LogP contribution in [0.2, 0.25) is 0 Å². The molecule has 2 aliphatic rings. The van der Waals surface area contributed by atoms with Crippen molar-refractivity contribution in [2.45, 2.75) is 71.6 Å². The second kappa shape index (κ2) is 10.6. The minimum absolute atomic E-state index is 0.148. The summed E-state index contributed by atoms with van der Waals surface area (Å²) in [5.41, 5.74) is 0. The Bertz CT molecular complexity index is 384. The molecule has 0 aromatic heterocycles. The van der Waals surface area contributed by atoms with Crippen LogP contribution in [0.5, 0.6) is 0 Å². The molecule has 0 bridgehead atoms. The average molecular weight is 354 g/mol. The summed E-state index contributed by atoms with van der Waals surface area (Å²) in [5, 5.41) is 3.49. The molecule has 0 aromatic rings. The van der Waals surface area contributed by atoms with E-state index in [4.69, 9.17) is 4.74 Å². The standard InChI is InChI=1S/C20H39N3O2/c1-16(2)20(24)15-23-12-7-19(8-13-23)25-18-5-10-22(11-6-18)14-9-21-17(3)4/h16-19,21H,5-15H2,1-4H3. The highest BCUT2D eigenvalue weighted by atomic mass is 16.5. The molecule has 0 atom stereocenters. The average Bonchev–Trinajstić information content (AvgIpc) is 2.58. The molecule has 1 N–H and O–H groups in total. The highest BCUT2D eigenvalue weighted by molar-refractivity contribution is 5.82. The van der Waals surface area contributed by atoms with Crippen molar-refractivity contribution in [1.29, 1.82) is 0 Å². The summed E-state index contributed by atoms with van der Waals surface area (Å²) in [6.45, 7) is 15.5. The predicted molar refractivity (Wildman–Crippen MR) is 103 cm³/mol. The Balaban J connectivity index is 1.58. The first-order valence-electron chi connectivity index (χ1n) is 10.3. The molecule has 146 valence electrons. The zero-order valence-corrected chi connectivity index (χ0v) is 16.8. The van der Waals surface area contributed by atoms with E-state index >= 15 is 0 Å². The van der Waals surface area contributed by atoms with Gasteiger partial charge in [0.25, 0.3) is 0 Å². The van der Waals surface area contributed by atoms with Crippen LogP contribution in [0.25, 0.3) is 0 Å². The molecule has 2 aliphatic heterocycles. The van der Waals surface area contributed by atoms with Gasteiger partial charge in [-0.1, -0.05) is 27.7 Å². The Morgan fingerprint density at radius 2 is 1.48 bits per heavy atom. The van der Waals surface area contributed by atoms with E-state index in [1.54, 1.807) is 0 Å². The first kappa shape index (κ1) is 20.8. The third-order valence-corrected chi connectivity index (χ3v) is 5.46. The first-order chi connectivity index (χ1) is 11.9. The molecular weight excluding hydrogens is 314 g/mol. The molecule has 0 aliphatic carbocycles. The molecule has 0 unspecified atom stereocenters. The molecule has 0 aromatic carbocycles. The SMILES string of the molecule is CC(C)NCCN1CCC(OC2CCN(CC(=O)C(C)C)CC2)CC1. The lowest BCUT2D eigenvalue weighted by Gasteiger charge is -2.37. The molecule has 0 spiro atoms. The summed E-state index contributed by atoms with van der Waals surface area (Å²) in [5.74, 6) is 0.508. The van der Waals surface area contributed by atoms with Crippen molar-refractivity contribution in [3.63, 3.8) is 0 Å². The Morgan fingerprint density at radius 1 is 0.960 bits per heavy atom. The topological polar surface area (TPSA) is 44.8 Å². The highest BCUT2D eigenvalue weighted by Crippen LogP contribution is 2.21. The van der Waals surface area contributed by atoms with Gasteiger partial charge in [-0.3, -0.25) is 9.69 Å². The van der Waals surface area contributed by atoms with Crippen molar-refractivity contribution in [2.75, 3.05) is 45.8 Å². The van der Waals surface area contributed by atoms with Crippen LogP contribution in [0.1, 0.15) is 53.4 Å². The zero-order chi connectivity index (χ0) is 18.2. The number of nitrogens with zero attached hydrogens (tertiary/aromatic N) is 2. The lowest BCUT2D eigenvalue weighted by Crippen LogP contribution is -2.44. The number of rotatable bonds is 9. The minimum Gasteiger partial charge on any atom is -0.375 e. The van der Waals surface area contributed by atoms with E-state index in [-0.39, 0.29) is 5.92 Å². The van der Waals surface area contributed by atoms with E-state index in [9.17, 15) is 4.79 Å². The molecule has 0 saturated carbocycles. The van der Waals surface area contributed by atoms with Crippen LogP contribution in [-0.4, -0.2) is 79.6 Å². The lowest BCUT2D eigenvalue weighted by atomic mass is 10.0. The number of hydrogen-bond acceptors (Lipinski definition) is 5. The van der Waals surface area contributed by atoms with Crippen molar-refractivity contribution in [3.05, 3.63) is 0 Å². The van der Waals surface area contributed by atoms with Gasteiger partial charge in [-0.25, -0.2) is 0 Å². The Hall–Kier alpha value is -0.490. The number of hydrogen-bond donors (Lipinski definition) is 1. The van der Waals surface area contributed by atoms with Gasteiger partial charge in [0.05, 0.1) is 18.8 Å². The van der Waals surface area contributed by atoms with Crippen LogP contribution in [0.4, 0.5) is 0 Å². The van der Waals surface area contributed by atoms with Gasteiger partial charge >= 0.3 is 0 Å². The Kier molecular flexibility index (Phi) is 8.83. The van der Waals surface area contributed by atoms with Gasteiger partial charge in [-0.05, 0) is 25.7 Å². The lowest BCUT2D eigenvalue weighted by molar-refractivity contribution is -0.124. The molecule has 2 fully saturated rings. The zero-order valence-electron chi connectivity index (χ0n) is 16.8. The van der Waals surface area contributed by atoms with Crippen LogP contribution in [-0.2, 0) is 9.53 Å². The number of carbonyl (C=O) groups excluding carboxylic acids is 1. The fraction of sp³-hybridized carbons (Fsp3) is 0.950. The van der Waals surface area contributed by atoms with Gasteiger partial charge in [0.1, 0.15) is 5.78 Å². The largest absolute Gasteiger partial charge is 0.375 e. The molecular formula is C20H39N3O2. The third kappa shape index (κ3) is 7.73. The fourth-order valence-electron chi connectivity index (χ4n) is 3.66. The number of nitrogens with one attached hydrogen (secondary N) is 1. The van der Waals surface area contributed by atoms with Gasteiger partial charge < -0.3 is 15.0 Å². The van der Waals surface area contributed by atoms with Gasteiger partial charge in [0, 0.05) is 51.2 Å². The maximum Gasteiger partial charge on any atom is 0.149 e. The number of piperidine rings is 2. The van der Waals surface area contributed by atoms with Crippen LogP contribution in [0.3, 0.4) is 0 Å². The van der Waals surface area contributed by atoms with Crippen LogP contribution < -0.4 is 5.32 Å². The molecule has 5 heteroatoms. The van der Waals surface area contributed by atoms with Crippen LogP contribution >= 0.6 is 0 Å². The number of ether oxygens (including phenoxy) is 1. The van der Waals surface area contributed by atoms with Crippen LogP contribution in [0, 0.1) is 5.92 Å². The number of carbonyl (C=O) groups is 1. The van der Waals surface area contributed by atoms with Crippen LogP contribution in [0.15, 0.2) is 0 Å². The van der Waals surface area contributed by atoms with Gasteiger partial charge in [0.2, 0.25) is 0 Å². The molecule has 0 amide bonds. The normalized spacial score (nSPS) is 22.2. The smallest absolute Gasteiger partial charge is 0.149 e. The summed E-state index contributed by atoms with van der Waals surface area (Å²) >= 11 is 0. The molecule has 2 rings (SSSR count). The summed E-state index contributed by atoms with van der Waals surface area (Å²) < 4.78 is 6.37. The third-order valence-electron chi connectivity index (χ3n) is 5.46. The maximum absolute atomic E-state index is 11.9. The summed E-state index contributed by atoms with van der Waals surface area (Å²) in [4.78, 5) is 16.7. The van der Waals surface area contributed by atoms with Gasteiger partial charge in [-0.15, -0.1) is 0 Å². The molecule has 5 nitrogen and oxygen atoms in total. The maximum atomic E-state index is 11.9. The molecule has 2 saturated heterocycles.